The molecule has 16 heteroatoms. The minimum absolute atomic E-state index is 0.0712. The predicted octanol–water partition coefficient (Wildman–Crippen LogP) is 3.81. The first kappa shape index (κ1) is 42.3. The number of nitrogens with one attached hydrogen (secondary N) is 3. The number of carbonyl (C=O) groups excluding carboxylic acids is 5. The molecular weight excluding hydrogens is 801 g/mol. The Morgan fingerprint density at radius 2 is 1.79 bits per heavy atom. The summed E-state index contributed by atoms with van der Waals surface area (Å²) in [6.07, 6.45) is 9.80. The van der Waals surface area contributed by atoms with Gasteiger partial charge in [-0.2, -0.15) is 4.98 Å². The lowest BCUT2D eigenvalue weighted by atomic mass is 9.99. The molecule has 0 bridgehead atoms. The SMILES string of the molecule is CC[C@@H]1C(=O)N(C)c2cnc(Nc3ccc(C(=O)NC4CCN(C5CN(CCC#Cc6cccc7c6CN(C6CCC(=O)NC6=O)C7=O)C5)CC4)cc3OC)nc2N1C1CCCC1. The Hall–Kier alpha value is -6.05. The summed E-state index contributed by atoms with van der Waals surface area (Å²) in [5.74, 6) is 7.28. The number of imide groups is 1. The molecule has 16 nitrogen and oxygen atoms in total. The van der Waals surface area contributed by atoms with Gasteiger partial charge in [0.15, 0.2) is 5.82 Å². The van der Waals surface area contributed by atoms with E-state index in [0.29, 0.717) is 66.0 Å². The number of anilines is 4. The van der Waals surface area contributed by atoms with Crippen molar-refractivity contribution in [2.75, 3.05) is 62.0 Å². The molecule has 1 aromatic heterocycles. The molecule has 1 aliphatic carbocycles. The highest BCUT2D eigenvalue weighted by molar-refractivity contribution is 6.06. The average Bonchev–Trinajstić information content (AvgIpc) is 3.93. The molecule has 5 aliphatic heterocycles. The van der Waals surface area contributed by atoms with Gasteiger partial charge < -0.3 is 30.1 Å². The maximum Gasteiger partial charge on any atom is 0.255 e. The topological polar surface area (TPSA) is 173 Å². The standard InChI is InChI=1S/C47H56N10O6/c1-4-37-46(62)53(2)39-25-48-47(52-42(39)57(37)32-12-5-6-13-32)50-36-16-15-30(24-40(36)63-3)43(59)49-31-19-22-55(23-20-31)33-26-54(27-33)21-8-7-10-29-11-9-14-34-35(29)28-56(45(34)61)38-17-18-41(58)51-44(38)60/h9,11,14-16,24-25,31-33,37-38H,4-6,8,12-13,17-23,26-28H2,1-3H3,(H,49,59)(H,48,50,52)(H,51,58,60)/t37-,38?/m1/s1. The molecule has 330 valence electrons. The highest BCUT2D eigenvalue weighted by atomic mass is 16.5. The molecule has 2 atom stereocenters. The highest BCUT2D eigenvalue weighted by Gasteiger charge is 2.42. The Labute approximate surface area is 368 Å². The van der Waals surface area contributed by atoms with Crippen molar-refractivity contribution in [2.45, 2.75) is 108 Å². The second-order valence-corrected chi connectivity index (χ2v) is 17.6. The van der Waals surface area contributed by atoms with Gasteiger partial charge in [-0.25, -0.2) is 4.98 Å². The summed E-state index contributed by atoms with van der Waals surface area (Å²) >= 11 is 0. The monoisotopic (exact) mass is 856 g/mol. The zero-order valence-electron chi connectivity index (χ0n) is 36.3. The number of benzene rings is 2. The summed E-state index contributed by atoms with van der Waals surface area (Å²) in [4.78, 5) is 84.0. The number of likely N-dealkylation sites (N-methyl/N-ethyl adjacent to an activating group) is 1. The van der Waals surface area contributed by atoms with Gasteiger partial charge in [0, 0.05) is 94.0 Å². The van der Waals surface area contributed by atoms with E-state index in [0.717, 1.165) is 88.2 Å². The molecule has 63 heavy (non-hydrogen) atoms. The molecular formula is C47H56N10O6. The van der Waals surface area contributed by atoms with Crippen molar-refractivity contribution in [3.05, 3.63) is 64.8 Å². The molecule has 6 heterocycles. The van der Waals surface area contributed by atoms with Crippen molar-refractivity contribution in [1.29, 1.82) is 0 Å². The molecule has 9 rings (SSSR count). The number of aromatic nitrogens is 2. The minimum atomic E-state index is -0.644. The molecule has 5 amide bonds. The van der Waals surface area contributed by atoms with Crippen LogP contribution in [0.5, 0.6) is 5.75 Å². The smallest absolute Gasteiger partial charge is 0.255 e. The molecule has 3 saturated heterocycles. The molecule has 2 aromatic carbocycles. The van der Waals surface area contributed by atoms with Gasteiger partial charge in [-0.1, -0.05) is 37.7 Å². The number of fused-ring (bicyclic) bond motifs is 2. The molecule has 6 aliphatic rings. The van der Waals surface area contributed by atoms with Gasteiger partial charge in [-0.05, 0) is 74.4 Å². The van der Waals surface area contributed by atoms with Crippen LogP contribution >= 0.6 is 0 Å². The fourth-order valence-corrected chi connectivity index (χ4v) is 10.2. The fraction of sp³-hybridized carbons (Fsp3) is 0.511. The second kappa shape index (κ2) is 18.0. The quantitative estimate of drug-likeness (QED) is 0.189. The molecule has 0 spiro atoms. The van der Waals surface area contributed by atoms with Gasteiger partial charge in [0.2, 0.25) is 23.7 Å². The maximum atomic E-state index is 13.5. The summed E-state index contributed by atoms with van der Waals surface area (Å²) in [5, 5.41) is 8.92. The van der Waals surface area contributed by atoms with E-state index in [1.807, 2.05) is 25.1 Å². The average molecular weight is 857 g/mol. The second-order valence-electron chi connectivity index (χ2n) is 17.6. The zero-order chi connectivity index (χ0) is 43.8. The van der Waals surface area contributed by atoms with Gasteiger partial charge in [-0.15, -0.1) is 0 Å². The number of rotatable bonds is 11. The van der Waals surface area contributed by atoms with Crippen LogP contribution in [0.1, 0.15) is 103 Å². The Morgan fingerprint density at radius 3 is 2.54 bits per heavy atom. The first-order chi connectivity index (χ1) is 30.6. The normalized spacial score (nSPS) is 22.3. The summed E-state index contributed by atoms with van der Waals surface area (Å²) in [7, 11) is 3.37. The first-order valence-corrected chi connectivity index (χ1v) is 22.5. The predicted molar refractivity (Wildman–Crippen MR) is 237 cm³/mol. The Morgan fingerprint density at radius 1 is 1.00 bits per heavy atom. The van der Waals surface area contributed by atoms with E-state index in [-0.39, 0.29) is 48.2 Å². The van der Waals surface area contributed by atoms with Crippen LogP contribution in [-0.2, 0) is 20.9 Å². The minimum Gasteiger partial charge on any atom is -0.495 e. The van der Waals surface area contributed by atoms with Crippen molar-refractivity contribution in [1.82, 2.24) is 35.3 Å². The van der Waals surface area contributed by atoms with Crippen LogP contribution in [0.4, 0.5) is 23.1 Å². The first-order valence-electron chi connectivity index (χ1n) is 22.5. The van der Waals surface area contributed by atoms with Crippen LogP contribution in [0.3, 0.4) is 0 Å². The Balaban J connectivity index is 0.733. The van der Waals surface area contributed by atoms with Crippen molar-refractivity contribution in [3.8, 4) is 17.6 Å². The maximum absolute atomic E-state index is 13.5. The van der Waals surface area contributed by atoms with Gasteiger partial charge in [0.1, 0.15) is 23.5 Å². The largest absolute Gasteiger partial charge is 0.495 e. The zero-order valence-corrected chi connectivity index (χ0v) is 36.3. The van der Waals surface area contributed by atoms with E-state index in [1.165, 1.54) is 0 Å². The molecule has 3 N–H and O–H groups in total. The number of hydrogen-bond donors (Lipinski definition) is 3. The molecule has 3 aromatic rings. The van der Waals surface area contributed by atoms with Crippen molar-refractivity contribution in [3.63, 3.8) is 0 Å². The third kappa shape index (κ3) is 8.43. The van der Waals surface area contributed by atoms with E-state index < -0.39 is 11.9 Å². The lowest BCUT2D eigenvalue weighted by Crippen LogP contribution is -2.61. The van der Waals surface area contributed by atoms with Gasteiger partial charge in [0.05, 0.1) is 19.0 Å². The van der Waals surface area contributed by atoms with Crippen LogP contribution in [0.25, 0.3) is 0 Å². The van der Waals surface area contributed by atoms with Gasteiger partial charge in [0.25, 0.3) is 11.8 Å². The van der Waals surface area contributed by atoms with Gasteiger partial charge >= 0.3 is 0 Å². The Bertz CT molecular complexity index is 2360. The third-order valence-corrected chi connectivity index (χ3v) is 13.8. The van der Waals surface area contributed by atoms with E-state index in [9.17, 15) is 24.0 Å². The van der Waals surface area contributed by atoms with Crippen LogP contribution in [-0.4, -0.2) is 131 Å². The van der Waals surface area contributed by atoms with E-state index in [4.69, 9.17) is 9.72 Å². The molecule has 0 radical (unpaired) electrons. The summed E-state index contributed by atoms with van der Waals surface area (Å²) in [5.41, 5.74) is 4.09. The van der Waals surface area contributed by atoms with Gasteiger partial charge in [-0.3, -0.25) is 39.1 Å². The number of amides is 5. The Kier molecular flexibility index (Phi) is 12.1. The number of carbonyl (C=O) groups is 5. The highest BCUT2D eigenvalue weighted by Crippen LogP contribution is 2.40. The van der Waals surface area contributed by atoms with Crippen molar-refractivity contribution >= 4 is 52.7 Å². The van der Waals surface area contributed by atoms with E-state index in [2.05, 4.69) is 47.5 Å². The lowest BCUT2D eigenvalue weighted by Gasteiger charge is -2.47. The summed E-state index contributed by atoms with van der Waals surface area (Å²) in [6.45, 7) is 7.04. The number of piperidine rings is 2. The molecule has 1 saturated carbocycles. The fourth-order valence-electron chi connectivity index (χ4n) is 10.2. The molecule has 1 unspecified atom stereocenters. The van der Waals surface area contributed by atoms with Crippen LogP contribution < -0.4 is 30.5 Å². The lowest BCUT2D eigenvalue weighted by molar-refractivity contribution is -0.137. The number of hydrogen-bond acceptors (Lipinski definition) is 12. The van der Waals surface area contributed by atoms with Crippen LogP contribution in [0.2, 0.25) is 0 Å². The third-order valence-electron chi connectivity index (χ3n) is 13.8. The summed E-state index contributed by atoms with van der Waals surface area (Å²) in [6, 6.07) is 10.8. The van der Waals surface area contributed by atoms with E-state index in [1.54, 1.807) is 48.4 Å². The van der Waals surface area contributed by atoms with Crippen molar-refractivity contribution in [2.24, 2.45) is 0 Å². The van der Waals surface area contributed by atoms with Crippen LogP contribution in [0, 0.1) is 11.8 Å². The number of likely N-dealkylation sites (tertiary alicyclic amines) is 2. The number of nitrogens with zero attached hydrogens (tertiary/aromatic N) is 7. The number of methoxy groups -OCH3 is 1. The number of ether oxygens (including phenoxy) is 1. The van der Waals surface area contributed by atoms with Crippen LogP contribution in [0.15, 0.2) is 42.6 Å². The summed E-state index contributed by atoms with van der Waals surface area (Å²) < 4.78 is 5.73. The van der Waals surface area contributed by atoms with E-state index >= 15 is 0 Å². The molecule has 4 fully saturated rings. The van der Waals surface area contributed by atoms with Crippen molar-refractivity contribution < 1.29 is 28.7 Å².